The van der Waals surface area contributed by atoms with Gasteiger partial charge in [-0.15, -0.1) is 0 Å². The van der Waals surface area contributed by atoms with Gasteiger partial charge >= 0.3 is 0 Å². The van der Waals surface area contributed by atoms with E-state index < -0.39 is 0 Å². The van der Waals surface area contributed by atoms with E-state index in [1.165, 1.54) is 22.1 Å². The van der Waals surface area contributed by atoms with Crippen LogP contribution < -0.4 is 5.32 Å². The summed E-state index contributed by atoms with van der Waals surface area (Å²) in [6.07, 6.45) is 1.06. The minimum atomic E-state index is -0.0807. The molecule has 1 heterocycles. The maximum atomic E-state index is 12.4. The number of fused-ring (bicyclic) bond motifs is 1. The van der Waals surface area contributed by atoms with Crippen molar-refractivity contribution in [1.82, 2.24) is 10.2 Å². The highest BCUT2D eigenvalue weighted by Gasteiger charge is 2.11. The molecule has 0 aliphatic heterocycles. The predicted octanol–water partition coefficient (Wildman–Crippen LogP) is 4.07. The van der Waals surface area contributed by atoms with Gasteiger partial charge in [0.1, 0.15) is 0 Å². The van der Waals surface area contributed by atoms with E-state index in [9.17, 15) is 9.59 Å². The lowest BCUT2D eigenvalue weighted by Crippen LogP contribution is -2.28. The van der Waals surface area contributed by atoms with Gasteiger partial charge in [-0.2, -0.15) is 11.3 Å². The smallest absolute Gasteiger partial charge is 0.252 e. The third-order valence-corrected chi connectivity index (χ3v) is 5.03. The molecule has 0 bridgehead atoms. The van der Waals surface area contributed by atoms with Crippen molar-refractivity contribution >= 4 is 33.9 Å². The van der Waals surface area contributed by atoms with Crippen molar-refractivity contribution in [2.24, 2.45) is 0 Å². The molecule has 4 nitrogen and oxygen atoms in total. The lowest BCUT2D eigenvalue weighted by Gasteiger charge is -2.18. The number of amides is 2. The van der Waals surface area contributed by atoms with E-state index in [1.807, 2.05) is 36.0 Å². The zero-order chi connectivity index (χ0) is 18.4. The van der Waals surface area contributed by atoms with Crippen LogP contribution in [-0.4, -0.2) is 30.3 Å². The standard InChI is InChI=1S/C21H22N2O2S/c1-23(14-17-8-4-7-16-6-2-3-9-19(16)17)20(24)10-5-12-22-21(25)18-11-13-26-15-18/h2-4,6-9,11,13,15H,5,10,12,14H2,1H3,(H,22,25). The van der Waals surface area contributed by atoms with Gasteiger partial charge in [0, 0.05) is 37.5 Å². The fourth-order valence-electron chi connectivity index (χ4n) is 2.90. The number of rotatable bonds is 7. The van der Waals surface area contributed by atoms with E-state index >= 15 is 0 Å². The van der Waals surface area contributed by atoms with Crippen molar-refractivity contribution in [2.75, 3.05) is 13.6 Å². The second-order valence-electron chi connectivity index (χ2n) is 6.26. The molecule has 134 valence electrons. The molecule has 1 aromatic heterocycles. The fourth-order valence-corrected chi connectivity index (χ4v) is 3.54. The van der Waals surface area contributed by atoms with Gasteiger partial charge < -0.3 is 10.2 Å². The summed E-state index contributed by atoms with van der Waals surface area (Å²) in [5, 5.41) is 8.90. The predicted molar refractivity (Wildman–Crippen MR) is 106 cm³/mol. The zero-order valence-corrected chi connectivity index (χ0v) is 15.6. The van der Waals surface area contributed by atoms with Gasteiger partial charge in [-0.25, -0.2) is 0 Å². The molecule has 26 heavy (non-hydrogen) atoms. The van der Waals surface area contributed by atoms with Crippen molar-refractivity contribution in [1.29, 1.82) is 0 Å². The van der Waals surface area contributed by atoms with Crippen LogP contribution in [0.15, 0.2) is 59.3 Å². The Morgan fingerprint density at radius 3 is 2.69 bits per heavy atom. The quantitative estimate of drug-likeness (QED) is 0.641. The summed E-state index contributed by atoms with van der Waals surface area (Å²) in [6, 6.07) is 16.2. The summed E-state index contributed by atoms with van der Waals surface area (Å²) in [4.78, 5) is 26.0. The van der Waals surface area contributed by atoms with Gasteiger partial charge in [-0.05, 0) is 34.2 Å². The van der Waals surface area contributed by atoms with Crippen LogP contribution in [-0.2, 0) is 11.3 Å². The molecule has 3 rings (SSSR count). The maximum absolute atomic E-state index is 12.4. The molecule has 0 atom stereocenters. The Kier molecular flexibility index (Phi) is 6.02. The van der Waals surface area contributed by atoms with Crippen LogP contribution in [0.3, 0.4) is 0 Å². The maximum Gasteiger partial charge on any atom is 0.252 e. The van der Waals surface area contributed by atoms with Crippen LogP contribution in [0.25, 0.3) is 10.8 Å². The van der Waals surface area contributed by atoms with Crippen LogP contribution >= 0.6 is 11.3 Å². The highest BCUT2D eigenvalue weighted by molar-refractivity contribution is 7.08. The van der Waals surface area contributed by atoms with Crippen molar-refractivity contribution < 1.29 is 9.59 Å². The molecule has 0 unspecified atom stereocenters. The van der Waals surface area contributed by atoms with Crippen molar-refractivity contribution in [3.63, 3.8) is 0 Å². The minimum absolute atomic E-state index is 0.0807. The first kappa shape index (κ1) is 18.1. The summed E-state index contributed by atoms with van der Waals surface area (Å²) < 4.78 is 0. The first-order chi connectivity index (χ1) is 12.6. The number of nitrogens with zero attached hydrogens (tertiary/aromatic N) is 1. The molecule has 5 heteroatoms. The second-order valence-corrected chi connectivity index (χ2v) is 7.04. The van der Waals surface area contributed by atoms with Gasteiger partial charge in [0.05, 0.1) is 0 Å². The largest absolute Gasteiger partial charge is 0.352 e. The van der Waals surface area contributed by atoms with E-state index in [0.717, 1.165) is 5.56 Å². The third kappa shape index (κ3) is 4.49. The fraction of sp³-hybridized carbons (Fsp3) is 0.238. The SMILES string of the molecule is CN(Cc1cccc2ccccc12)C(=O)CCCNC(=O)c1ccsc1. The molecule has 0 aliphatic carbocycles. The van der Waals surface area contributed by atoms with Gasteiger partial charge in [0.2, 0.25) is 5.91 Å². The average Bonchev–Trinajstić information content (AvgIpc) is 3.20. The average molecular weight is 366 g/mol. The Morgan fingerprint density at radius 1 is 1.08 bits per heavy atom. The first-order valence-corrected chi connectivity index (χ1v) is 9.60. The number of thiophene rings is 1. The Morgan fingerprint density at radius 2 is 1.88 bits per heavy atom. The number of benzene rings is 2. The second kappa shape index (κ2) is 8.63. The van der Waals surface area contributed by atoms with Crippen LogP contribution in [0.5, 0.6) is 0 Å². The molecular weight excluding hydrogens is 344 g/mol. The number of carbonyl (C=O) groups excluding carboxylic acids is 2. The van der Waals surface area contributed by atoms with Gasteiger partial charge in [-0.1, -0.05) is 42.5 Å². The van der Waals surface area contributed by atoms with E-state index in [0.29, 0.717) is 31.5 Å². The van der Waals surface area contributed by atoms with Crippen molar-refractivity contribution in [2.45, 2.75) is 19.4 Å². The summed E-state index contributed by atoms with van der Waals surface area (Å²) in [7, 11) is 1.83. The minimum Gasteiger partial charge on any atom is -0.352 e. The first-order valence-electron chi connectivity index (χ1n) is 8.66. The van der Waals surface area contributed by atoms with Crippen LogP contribution in [0.2, 0.25) is 0 Å². The van der Waals surface area contributed by atoms with E-state index in [2.05, 4.69) is 29.6 Å². The summed E-state index contributed by atoms with van der Waals surface area (Å²) in [5.74, 6) is 0.00512. The van der Waals surface area contributed by atoms with E-state index in [-0.39, 0.29) is 11.8 Å². The number of hydrogen-bond acceptors (Lipinski definition) is 3. The third-order valence-electron chi connectivity index (χ3n) is 4.35. The summed E-state index contributed by atoms with van der Waals surface area (Å²) in [6.45, 7) is 1.09. The Bertz CT molecular complexity index is 885. The lowest BCUT2D eigenvalue weighted by molar-refractivity contribution is -0.130. The zero-order valence-electron chi connectivity index (χ0n) is 14.8. The van der Waals surface area contributed by atoms with Gasteiger partial charge in [0.15, 0.2) is 0 Å². The Hall–Kier alpha value is -2.66. The number of nitrogens with one attached hydrogen (secondary N) is 1. The van der Waals surface area contributed by atoms with Crippen LogP contribution in [0.4, 0.5) is 0 Å². The molecule has 0 saturated carbocycles. The molecule has 0 fully saturated rings. The van der Waals surface area contributed by atoms with Crippen LogP contribution in [0, 0.1) is 0 Å². The monoisotopic (exact) mass is 366 g/mol. The summed E-state index contributed by atoms with van der Waals surface area (Å²) >= 11 is 1.50. The molecule has 3 aromatic rings. The molecule has 2 aromatic carbocycles. The molecule has 0 radical (unpaired) electrons. The topological polar surface area (TPSA) is 49.4 Å². The highest BCUT2D eigenvalue weighted by atomic mass is 32.1. The van der Waals surface area contributed by atoms with Crippen molar-refractivity contribution in [3.8, 4) is 0 Å². The van der Waals surface area contributed by atoms with Crippen LogP contribution in [0.1, 0.15) is 28.8 Å². The summed E-state index contributed by atoms with van der Waals surface area (Å²) in [5.41, 5.74) is 1.82. The number of carbonyl (C=O) groups is 2. The van der Waals surface area contributed by atoms with Gasteiger partial charge in [-0.3, -0.25) is 9.59 Å². The Balaban J connectivity index is 1.48. The molecule has 0 spiro atoms. The van der Waals surface area contributed by atoms with E-state index in [1.54, 1.807) is 11.0 Å². The number of hydrogen-bond donors (Lipinski definition) is 1. The molecule has 0 aliphatic rings. The Labute approximate surface area is 157 Å². The lowest BCUT2D eigenvalue weighted by atomic mass is 10.0. The normalized spacial score (nSPS) is 10.7. The molecular formula is C21H22N2O2S. The molecule has 2 amide bonds. The molecule has 1 N–H and O–H groups in total. The molecule has 0 saturated heterocycles. The highest BCUT2D eigenvalue weighted by Crippen LogP contribution is 2.19. The van der Waals surface area contributed by atoms with Gasteiger partial charge in [0.25, 0.3) is 5.91 Å². The van der Waals surface area contributed by atoms with Crippen molar-refractivity contribution in [3.05, 3.63) is 70.4 Å². The van der Waals surface area contributed by atoms with E-state index in [4.69, 9.17) is 0 Å².